The molecule has 0 unspecified atom stereocenters. The molecule has 0 aliphatic carbocycles. The van der Waals surface area contributed by atoms with Gasteiger partial charge < -0.3 is 10.6 Å². The summed E-state index contributed by atoms with van der Waals surface area (Å²) in [5.41, 5.74) is 0.819. The smallest absolute Gasteiger partial charge is 0.241 e. The van der Waals surface area contributed by atoms with Gasteiger partial charge in [0, 0.05) is 37.9 Å². The van der Waals surface area contributed by atoms with Crippen molar-refractivity contribution in [2.75, 3.05) is 38.0 Å². The van der Waals surface area contributed by atoms with Gasteiger partial charge in [0.1, 0.15) is 0 Å². The van der Waals surface area contributed by atoms with Gasteiger partial charge in [-0.3, -0.25) is 19.4 Å². The lowest BCUT2D eigenvalue weighted by Gasteiger charge is -2.37. The van der Waals surface area contributed by atoms with Crippen molar-refractivity contribution >= 4 is 28.3 Å². The number of nitrogens with zero attached hydrogens (tertiary/aromatic N) is 2. The molecule has 1 fully saturated rings. The number of nitrogens with one attached hydrogen (secondary N) is 2. The van der Waals surface area contributed by atoms with Gasteiger partial charge in [0.15, 0.2) is 0 Å². The number of piperazine rings is 1. The maximum absolute atomic E-state index is 12.7. The molecule has 1 heterocycles. The molecule has 0 spiro atoms. The van der Waals surface area contributed by atoms with Crippen molar-refractivity contribution in [1.82, 2.24) is 15.1 Å². The van der Waals surface area contributed by atoms with E-state index in [2.05, 4.69) is 26.5 Å². The van der Waals surface area contributed by atoms with Crippen LogP contribution in [0.5, 0.6) is 0 Å². The molecule has 0 radical (unpaired) electrons. The van der Waals surface area contributed by atoms with Crippen molar-refractivity contribution in [2.45, 2.75) is 32.9 Å². The summed E-state index contributed by atoms with van der Waals surface area (Å²) >= 11 is 0. The second-order valence-electron chi connectivity index (χ2n) is 7.76. The molecule has 28 heavy (non-hydrogen) atoms. The lowest BCUT2D eigenvalue weighted by Crippen LogP contribution is -2.54. The Bertz CT molecular complexity index is 828. The fourth-order valence-corrected chi connectivity index (χ4v) is 3.56. The Labute approximate surface area is 166 Å². The van der Waals surface area contributed by atoms with Crippen LogP contribution in [0, 0.1) is 0 Å². The Kier molecular flexibility index (Phi) is 6.65. The molecule has 2 amide bonds. The van der Waals surface area contributed by atoms with Crippen molar-refractivity contribution in [3.63, 3.8) is 0 Å². The van der Waals surface area contributed by atoms with Crippen LogP contribution in [0.4, 0.5) is 5.69 Å². The van der Waals surface area contributed by atoms with Crippen molar-refractivity contribution in [1.29, 1.82) is 0 Å². The monoisotopic (exact) mass is 382 g/mol. The highest BCUT2D eigenvalue weighted by Crippen LogP contribution is 2.19. The van der Waals surface area contributed by atoms with E-state index in [4.69, 9.17) is 0 Å². The normalized spacial score (nSPS) is 16.9. The molecule has 0 aromatic heterocycles. The summed E-state index contributed by atoms with van der Waals surface area (Å²) in [7, 11) is 0. The van der Waals surface area contributed by atoms with E-state index in [9.17, 15) is 9.59 Å². The van der Waals surface area contributed by atoms with Gasteiger partial charge in [0.25, 0.3) is 0 Å². The summed E-state index contributed by atoms with van der Waals surface area (Å²) < 4.78 is 0. The number of hydrogen-bond acceptors (Lipinski definition) is 4. The fraction of sp³-hybridized carbons (Fsp3) is 0.455. The third-order valence-electron chi connectivity index (χ3n) is 5.17. The van der Waals surface area contributed by atoms with Crippen molar-refractivity contribution in [3.05, 3.63) is 42.5 Å². The Morgan fingerprint density at radius 2 is 1.64 bits per heavy atom. The molecule has 3 rings (SSSR count). The molecule has 150 valence electrons. The summed E-state index contributed by atoms with van der Waals surface area (Å²) in [5, 5.41) is 8.23. The molecule has 0 bridgehead atoms. The van der Waals surface area contributed by atoms with Crippen LogP contribution in [-0.2, 0) is 9.59 Å². The molecule has 1 aliphatic rings. The minimum Gasteiger partial charge on any atom is -0.353 e. The van der Waals surface area contributed by atoms with Gasteiger partial charge in [-0.1, -0.05) is 30.3 Å². The molecule has 2 aromatic rings. The van der Waals surface area contributed by atoms with Crippen LogP contribution in [-0.4, -0.2) is 66.4 Å². The Morgan fingerprint density at radius 1 is 0.964 bits per heavy atom. The van der Waals surface area contributed by atoms with Gasteiger partial charge in [-0.05, 0) is 43.7 Å². The quantitative estimate of drug-likeness (QED) is 0.805. The molecule has 6 nitrogen and oxygen atoms in total. The molecule has 2 N–H and O–H groups in total. The number of rotatable bonds is 6. The average molecular weight is 383 g/mol. The lowest BCUT2D eigenvalue weighted by atomic mass is 10.1. The van der Waals surface area contributed by atoms with Gasteiger partial charge in [0.05, 0.1) is 12.6 Å². The number of amides is 2. The zero-order chi connectivity index (χ0) is 20.1. The summed E-state index contributed by atoms with van der Waals surface area (Å²) in [6, 6.07) is 14.0. The van der Waals surface area contributed by atoms with E-state index >= 15 is 0 Å². The van der Waals surface area contributed by atoms with E-state index in [0.29, 0.717) is 6.54 Å². The predicted octanol–water partition coefficient (Wildman–Crippen LogP) is 2.31. The maximum atomic E-state index is 12.7. The van der Waals surface area contributed by atoms with Gasteiger partial charge in [-0.25, -0.2) is 0 Å². The number of carbonyl (C=O) groups is 2. The van der Waals surface area contributed by atoms with Crippen LogP contribution in [0.25, 0.3) is 10.8 Å². The van der Waals surface area contributed by atoms with Crippen LogP contribution in [0.1, 0.15) is 20.8 Å². The Hall–Kier alpha value is -2.44. The molecule has 0 saturated carbocycles. The SMILES string of the molecule is CC(C)NC(=O)CN1CCN([C@H](C)C(=O)Nc2ccc3ccccc3c2)CC1. The predicted molar refractivity (Wildman–Crippen MR) is 113 cm³/mol. The van der Waals surface area contributed by atoms with E-state index in [1.165, 1.54) is 0 Å². The third-order valence-corrected chi connectivity index (χ3v) is 5.17. The fourth-order valence-electron chi connectivity index (χ4n) is 3.56. The Balaban J connectivity index is 1.50. The van der Waals surface area contributed by atoms with E-state index in [1.807, 2.05) is 57.2 Å². The summed E-state index contributed by atoms with van der Waals surface area (Å²) in [6.07, 6.45) is 0. The van der Waals surface area contributed by atoms with Gasteiger partial charge in [-0.2, -0.15) is 0 Å². The van der Waals surface area contributed by atoms with Gasteiger partial charge >= 0.3 is 0 Å². The van der Waals surface area contributed by atoms with Crippen molar-refractivity contribution in [3.8, 4) is 0 Å². The average Bonchev–Trinajstić information content (AvgIpc) is 2.67. The number of fused-ring (bicyclic) bond motifs is 1. The molecule has 6 heteroatoms. The summed E-state index contributed by atoms with van der Waals surface area (Å²) in [6.45, 7) is 9.43. The summed E-state index contributed by atoms with van der Waals surface area (Å²) in [4.78, 5) is 28.9. The van der Waals surface area contributed by atoms with Crippen LogP contribution >= 0.6 is 0 Å². The second-order valence-corrected chi connectivity index (χ2v) is 7.76. The minimum atomic E-state index is -0.210. The number of carbonyl (C=O) groups excluding carboxylic acids is 2. The molecule has 1 saturated heterocycles. The first kappa shape index (κ1) is 20.3. The first-order valence-electron chi connectivity index (χ1n) is 9.98. The van der Waals surface area contributed by atoms with Gasteiger partial charge in [0.2, 0.25) is 11.8 Å². The van der Waals surface area contributed by atoms with Crippen LogP contribution in [0.15, 0.2) is 42.5 Å². The number of hydrogen-bond donors (Lipinski definition) is 2. The number of benzene rings is 2. The van der Waals surface area contributed by atoms with E-state index in [-0.39, 0.29) is 23.9 Å². The highest BCUT2D eigenvalue weighted by molar-refractivity contribution is 5.97. The van der Waals surface area contributed by atoms with Crippen molar-refractivity contribution < 1.29 is 9.59 Å². The molecule has 1 aliphatic heterocycles. The van der Waals surface area contributed by atoms with E-state index in [0.717, 1.165) is 42.6 Å². The zero-order valence-corrected chi connectivity index (χ0v) is 16.9. The van der Waals surface area contributed by atoms with Crippen LogP contribution < -0.4 is 10.6 Å². The molecule has 2 aromatic carbocycles. The third kappa shape index (κ3) is 5.30. The van der Waals surface area contributed by atoms with Crippen LogP contribution in [0.3, 0.4) is 0 Å². The molecular weight excluding hydrogens is 352 g/mol. The highest BCUT2D eigenvalue weighted by Gasteiger charge is 2.26. The lowest BCUT2D eigenvalue weighted by molar-refractivity contribution is -0.125. The largest absolute Gasteiger partial charge is 0.353 e. The van der Waals surface area contributed by atoms with Crippen molar-refractivity contribution in [2.24, 2.45) is 0 Å². The molecular formula is C22H30N4O2. The maximum Gasteiger partial charge on any atom is 0.241 e. The topological polar surface area (TPSA) is 64.7 Å². The summed E-state index contributed by atoms with van der Waals surface area (Å²) in [5.74, 6) is 0.0619. The number of anilines is 1. The Morgan fingerprint density at radius 3 is 2.32 bits per heavy atom. The van der Waals surface area contributed by atoms with Gasteiger partial charge in [-0.15, -0.1) is 0 Å². The van der Waals surface area contributed by atoms with Crippen LogP contribution in [0.2, 0.25) is 0 Å². The minimum absolute atomic E-state index is 0.00119. The zero-order valence-electron chi connectivity index (χ0n) is 16.9. The van der Waals surface area contributed by atoms with E-state index < -0.39 is 0 Å². The first-order valence-corrected chi connectivity index (χ1v) is 9.98. The molecule has 1 atom stereocenters. The van der Waals surface area contributed by atoms with E-state index in [1.54, 1.807) is 0 Å². The second kappa shape index (κ2) is 9.17. The first-order chi connectivity index (χ1) is 13.4. The highest BCUT2D eigenvalue weighted by atomic mass is 16.2. The standard InChI is InChI=1S/C22H30N4O2/c1-16(2)23-21(27)15-25-10-12-26(13-11-25)17(3)22(28)24-20-9-8-18-6-4-5-7-19(18)14-20/h4-9,14,16-17H,10-13,15H2,1-3H3,(H,23,27)(H,24,28)/t17-/m1/s1.